The Bertz CT molecular complexity index is 382. The van der Waals surface area contributed by atoms with Crippen LogP contribution in [0.1, 0.15) is 35.6 Å². The van der Waals surface area contributed by atoms with E-state index >= 15 is 0 Å². The zero-order chi connectivity index (χ0) is 9.42. The number of halogens is 1. The zero-order valence-corrected chi connectivity index (χ0v) is 8.99. The van der Waals surface area contributed by atoms with Gasteiger partial charge in [-0.05, 0) is 37.3 Å². The van der Waals surface area contributed by atoms with Crippen molar-refractivity contribution in [2.45, 2.75) is 32.2 Å². The SMILES string of the molecule is Cc1cc(C2CC2)c(CN)c(=O)[nH]1.Cl. The van der Waals surface area contributed by atoms with E-state index < -0.39 is 0 Å². The average molecular weight is 215 g/mol. The monoisotopic (exact) mass is 214 g/mol. The van der Waals surface area contributed by atoms with Gasteiger partial charge in [-0.1, -0.05) is 0 Å². The van der Waals surface area contributed by atoms with Gasteiger partial charge in [-0.15, -0.1) is 12.4 Å². The zero-order valence-electron chi connectivity index (χ0n) is 8.17. The van der Waals surface area contributed by atoms with Crippen LogP contribution < -0.4 is 11.3 Å². The lowest BCUT2D eigenvalue weighted by atomic mass is 10.0. The van der Waals surface area contributed by atoms with E-state index in [-0.39, 0.29) is 18.0 Å². The molecule has 0 aliphatic heterocycles. The second-order valence-electron chi connectivity index (χ2n) is 3.69. The molecule has 0 unspecified atom stereocenters. The van der Waals surface area contributed by atoms with Gasteiger partial charge in [0, 0.05) is 17.8 Å². The number of hydrogen-bond acceptors (Lipinski definition) is 2. The largest absolute Gasteiger partial charge is 0.326 e. The van der Waals surface area contributed by atoms with Crippen LogP contribution in [-0.4, -0.2) is 4.98 Å². The molecule has 3 nitrogen and oxygen atoms in total. The van der Waals surface area contributed by atoms with E-state index in [1.807, 2.05) is 6.92 Å². The fraction of sp³-hybridized carbons (Fsp3) is 0.500. The summed E-state index contributed by atoms with van der Waals surface area (Å²) in [5.41, 5.74) is 8.41. The first-order valence-electron chi connectivity index (χ1n) is 4.65. The maximum absolute atomic E-state index is 11.5. The Morgan fingerprint density at radius 2 is 2.21 bits per heavy atom. The number of nitrogens with two attached hydrogens (primary N) is 1. The Kier molecular flexibility index (Phi) is 3.34. The fourth-order valence-electron chi connectivity index (χ4n) is 1.71. The molecule has 1 aromatic heterocycles. The molecule has 0 spiro atoms. The van der Waals surface area contributed by atoms with E-state index in [0.717, 1.165) is 11.3 Å². The summed E-state index contributed by atoms with van der Waals surface area (Å²) < 4.78 is 0. The van der Waals surface area contributed by atoms with Gasteiger partial charge in [0.05, 0.1) is 0 Å². The lowest BCUT2D eigenvalue weighted by Crippen LogP contribution is -2.19. The molecule has 1 heterocycles. The van der Waals surface area contributed by atoms with Gasteiger partial charge in [-0.3, -0.25) is 4.79 Å². The second-order valence-corrected chi connectivity index (χ2v) is 3.69. The van der Waals surface area contributed by atoms with Gasteiger partial charge in [0.1, 0.15) is 0 Å². The summed E-state index contributed by atoms with van der Waals surface area (Å²) >= 11 is 0. The summed E-state index contributed by atoms with van der Waals surface area (Å²) in [6, 6.07) is 2.06. The summed E-state index contributed by atoms with van der Waals surface area (Å²) in [6.07, 6.45) is 2.41. The molecule has 1 aliphatic rings. The summed E-state index contributed by atoms with van der Waals surface area (Å²) in [4.78, 5) is 14.3. The number of H-pyrrole nitrogens is 1. The van der Waals surface area contributed by atoms with Gasteiger partial charge in [-0.2, -0.15) is 0 Å². The molecule has 4 heteroatoms. The number of rotatable bonds is 2. The van der Waals surface area contributed by atoms with Crippen molar-refractivity contribution in [3.63, 3.8) is 0 Å². The highest BCUT2D eigenvalue weighted by Gasteiger charge is 2.26. The molecular formula is C10H15ClN2O. The minimum atomic E-state index is -0.00981. The van der Waals surface area contributed by atoms with Crippen molar-refractivity contribution in [3.05, 3.63) is 33.2 Å². The normalized spacial score (nSPS) is 15.0. The highest BCUT2D eigenvalue weighted by atomic mass is 35.5. The third kappa shape index (κ3) is 1.99. The maximum Gasteiger partial charge on any atom is 0.252 e. The Morgan fingerprint density at radius 1 is 1.57 bits per heavy atom. The molecule has 1 fully saturated rings. The topological polar surface area (TPSA) is 58.9 Å². The van der Waals surface area contributed by atoms with Crippen LogP contribution in [-0.2, 0) is 6.54 Å². The van der Waals surface area contributed by atoms with Crippen LogP contribution in [0.15, 0.2) is 10.9 Å². The van der Waals surface area contributed by atoms with Gasteiger partial charge in [0.15, 0.2) is 0 Å². The summed E-state index contributed by atoms with van der Waals surface area (Å²) in [5.74, 6) is 0.597. The van der Waals surface area contributed by atoms with Crippen LogP contribution in [0.5, 0.6) is 0 Å². The Hall–Kier alpha value is -0.800. The van der Waals surface area contributed by atoms with E-state index in [1.165, 1.54) is 18.4 Å². The number of aryl methyl sites for hydroxylation is 1. The molecule has 0 aromatic carbocycles. The molecule has 0 atom stereocenters. The van der Waals surface area contributed by atoms with Gasteiger partial charge in [0.25, 0.3) is 5.56 Å². The molecule has 0 radical (unpaired) electrons. The predicted molar refractivity (Wildman–Crippen MR) is 58.9 cm³/mol. The van der Waals surface area contributed by atoms with E-state index in [4.69, 9.17) is 5.73 Å². The Labute approximate surface area is 89.1 Å². The van der Waals surface area contributed by atoms with Crippen molar-refractivity contribution < 1.29 is 0 Å². The van der Waals surface area contributed by atoms with Crippen molar-refractivity contribution in [2.75, 3.05) is 0 Å². The van der Waals surface area contributed by atoms with E-state index in [9.17, 15) is 4.79 Å². The van der Waals surface area contributed by atoms with Crippen molar-refractivity contribution in [2.24, 2.45) is 5.73 Å². The maximum atomic E-state index is 11.5. The molecule has 1 aliphatic carbocycles. The standard InChI is InChI=1S/C10H14N2O.ClH/c1-6-4-8(7-2-3-7)9(5-11)10(13)12-6;/h4,7H,2-3,5,11H2,1H3,(H,12,13);1H. The highest BCUT2D eigenvalue weighted by molar-refractivity contribution is 5.85. The van der Waals surface area contributed by atoms with Crippen molar-refractivity contribution >= 4 is 12.4 Å². The first-order valence-corrected chi connectivity index (χ1v) is 4.65. The lowest BCUT2D eigenvalue weighted by molar-refractivity contribution is 0.936. The summed E-state index contributed by atoms with van der Waals surface area (Å²) in [5, 5.41) is 0. The molecule has 2 rings (SSSR count). The van der Waals surface area contributed by atoms with Gasteiger partial charge >= 0.3 is 0 Å². The number of nitrogens with one attached hydrogen (secondary N) is 1. The molecule has 1 saturated carbocycles. The summed E-state index contributed by atoms with van der Waals surface area (Å²) in [7, 11) is 0. The number of aromatic nitrogens is 1. The molecular weight excluding hydrogens is 200 g/mol. The average Bonchev–Trinajstić information content (AvgIpc) is 2.85. The van der Waals surface area contributed by atoms with Crippen LogP contribution in [0.25, 0.3) is 0 Å². The minimum absolute atomic E-state index is 0. The third-order valence-corrected chi connectivity index (χ3v) is 2.53. The van der Waals surface area contributed by atoms with Crippen molar-refractivity contribution in [3.8, 4) is 0 Å². The molecule has 78 valence electrons. The molecule has 3 N–H and O–H groups in total. The second kappa shape index (κ2) is 4.15. The number of aromatic amines is 1. The van der Waals surface area contributed by atoms with Crippen LogP contribution in [0.2, 0.25) is 0 Å². The summed E-state index contributed by atoms with van der Waals surface area (Å²) in [6.45, 7) is 2.26. The van der Waals surface area contributed by atoms with Crippen LogP contribution in [0, 0.1) is 6.92 Å². The Morgan fingerprint density at radius 3 is 2.71 bits per heavy atom. The molecule has 0 amide bonds. The van der Waals surface area contributed by atoms with Gasteiger partial charge < -0.3 is 10.7 Å². The highest BCUT2D eigenvalue weighted by Crippen LogP contribution is 2.40. The smallest absolute Gasteiger partial charge is 0.252 e. The van der Waals surface area contributed by atoms with E-state index in [1.54, 1.807) is 0 Å². The first-order chi connectivity index (χ1) is 6.22. The van der Waals surface area contributed by atoms with Crippen molar-refractivity contribution in [1.29, 1.82) is 0 Å². The number of hydrogen-bond donors (Lipinski definition) is 2. The Balaban J connectivity index is 0.000000980. The lowest BCUT2D eigenvalue weighted by Gasteiger charge is -2.06. The third-order valence-electron chi connectivity index (χ3n) is 2.53. The quantitative estimate of drug-likeness (QED) is 0.783. The van der Waals surface area contributed by atoms with Gasteiger partial charge in [-0.25, -0.2) is 0 Å². The van der Waals surface area contributed by atoms with E-state index in [2.05, 4.69) is 11.1 Å². The molecule has 14 heavy (non-hydrogen) atoms. The fourth-order valence-corrected chi connectivity index (χ4v) is 1.71. The van der Waals surface area contributed by atoms with Crippen LogP contribution in [0.4, 0.5) is 0 Å². The first kappa shape index (κ1) is 11.3. The van der Waals surface area contributed by atoms with Gasteiger partial charge in [0.2, 0.25) is 0 Å². The van der Waals surface area contributed by atoms with Crippen LogP contribution in [0.3, 0.4) is 0 Å². The van der Waals surface area contributed by atoms with Crippen LogP contribution >= 0.6 is 12.4 Å². The molecule has 0 bridgehead atoms. The molecule has 1 aromatic rings. The minimum Gasteiger partial charge on any atom is -0.326 e. The number of pyridine rings is 1. The predicted octanol–water partition coefficient (Wildman–Crippen LogP) is 1.44. The van der Waals surface area contributed by atoms with E-state index in [0.29, 0.717) is 12.5 Å². The molecule has 0 saturated heterocycles. The van der Waals surface area contributed by atoms with Crippen molar-refractivity contribution in [1.82, 2.24) is 4.98 Å².